The van der Waals surface area contributed by atoms with Gasteiger partial charge in [0.1, 0.15) is 5.15 Å². The molecule has 0 spiro atoms. The molecular weight excluding hydrogens is 222 g/mol. The van der Waals surface area contributed by atoms with E-state index in [-0.39, 0.29) is 15.9 Å². The molecule has 3 nitrogen and oxygen atoms in total. The minimum atomic E-state index is -3.24. The summed E-state index contributed by atoms with van der Waals surface area (Å²) in [4.78, 5) is 3.78. The first-order valence-electron chi connectivity index (χ1n) is 4.41. The highest BCUT2D eigenvalue weighted by atomic mass is 35.5. The molecule has 0 aliphatic heterocycles. The van der Waals surface area contributed by atoms with Gasteiger partial charge in [-0.2, -0.15) is 0 Å². The average molecular weight is 234 g/mol. The summed E-state index contributed by atoms with van der Waals surface area (Å²) in [5, 5.41) is 0.279. The lowest BCUT2D eigenvalue weighted by molar-refractivity contribution is 0.589. The lowest BCUT2D eigenvalue weighted by Gasteiger charge is -2.02. The molecule has 1 aromatic rings. The van der Waals surface area contributed by atoms with Crippen molar-refractivity contribution in [3.05, 3.63) is 23.4 Å². The number of nitrogens with zero attached hydrogens (tertiary/aromatic N) is 1. The van der Waals surface area contributed by atoms with E-state index in [1.165, 1.54) is 6.07 Å². The summed E-state index contributed by atoms with van der Waals surface area (Å²) in [7, 11) is -3.24. The van der Waals surface area contributed by atoms with Crippen LogP contribution in [0, 0.1) is 0 Å². The molecule has 0 saturated carbocycles. The average Bonchev–Trinajstić information content (AvgIpc) is 2.15. The first-order valence-corrected chi connectivity index (χ1v) is 6.44. The maximum Gasteiger partial charge on any atom is 0.195 e. The van der Waals surface area contributed by atoms with Crippen molar-refractivity contribution in [1.82, 2.24) is 4.98 Å². The summed E-state index contributed by atoms with van der Waals surface area (Å²) >= 11 is 5.61. The van der Waals surface area contributed by atoms with Crippen molar-refractivity contribution >= 4 is 21.4 Å². The van der Waals surface area contributed by atoms with Crippen LogP contribution in [0.15, 0.2) is 23.2 Å². The molecule has 0 aliphatic carbocycles. The van der Waals surface area contributed by atoms with Crippen LogP contribution >= 0.6 is 11.6 Å². The molecule has 0 N–H and O–H groups in total. The maximum atomic E-state index is 11.6. The minimum absolute atomic E-state index is 0.0680. The van der Waals surface area contributed by atoms with E-state index in [1.54, 1.807) is 12.1 Å². The summed E-state index contributed by atoms with van der Waals surface area (Å²) in [6, 6.07) is 4.62. The highest BCUT2D eigenvalue weighted by molar-refractivity contribution is 7.91. The van der Waals surface area contributed by atoms with Crippen molar-refractivity contribution in [3.8, 4) is 0 Å². The van der Waals surface area contributed by atoms with E-state index in [0.717, 1.165) is 6.42 Å². The van der Waals surface area contributed by atoms with Gasteiger partial charge >= 0.3 is 0 Å². The van der Waals surface area contributed by atoms with Crippen molar-refractivity contribution in [3.63, 3.8) is 0 Å². The van der Waals surface area contributed by atoms with E-state index in [1.807, 2.05) is 6.92 Å². The number of pyridine rings is 1. The lowest BCUT2D eigenvalue weighted by Crippen LogP contribution is -2.08. The van der Waals surface area contributed by atoms with Gasteiger partial charge < -0.3 is 0 Å². The Hall–Kier alpha value is -0.610. The Bertz CT molecular complexity index is 403. The van der Waals surface area contributed by atoms with Crippen LogP contribution in [0.2, 0.25) is 5.15 Å². The SMILES string of the molecule is CCCCS(=O)(=O)c1cccc(Cl)n1. The Kier molecular flexibility index (Phi) is 3.89. The second-order valence-electron chi connectivity index (χ2n) is 2.97. The van der Waals surface area contributed by atoms with Crippen LogP contribution < -0.4 is 0 Å². The summed E-state index contributed by atoms with van der Waals surface area (Å²) in [5.74, 6) is 0.136. The summed E-state index contributed by atoms with van der Waals surface area (Å²) in [6.07, 6.45) is 1.50. The van der Waals surface area contributed by atoms with E-state index < -0.39 is 9.84 Å². The molecule has 0 unspecified atom stereocenters. The normalized spacial score (nSPS) is 11.6. The van der Waals surface area contributed by atoms with Gasteiger partial charge in [0.25, 0.3) is 0 Å². The fourth-order valence-electron chi connectivity index (χ4n) is 1.00. The maximum absolute atomic E-state index is 11.6. The first-order chi connectivity index (χ1) is 6.56. The fraction of sp³-hybridized carbons (Fsp3) is 0.444. The largest absolute Gasteiger partial charge is 0.225 e. The van der Waals surface area contributed by atoms with Gasteiger partial charge in [0.15, 0.2) is 14.9 Å². The van der Waals surface area contributed by atoms with Gasteiger partial charge in [-0.25, -0.2) is 13.4 Å². The third-order valence-corrected chi connectivity index (χ3v) is 3.68. The van der Waals surface area contributed by atoms with Gasteiger partial charge in [-0.1, -0.05) is 31.0 Å². The highest BCUT2D eigenvalue weighted by Crippen LogP contribution is 2.13. The van der Waals surface area contributed by atoms with Crippen LogP contribution in [0.1, 0.15) is 19.8 Å². The van der Waals surface area contributed by atoms with E-state index >= 15 is 0 Å². The Morgan fingerprint density at radius 2 is 2.14 bits per heavy atom. The molecule has 1 rings (SSSR count). The van der Waals surface area contributed by atoms with Crippen LogP contribution in [0.3, 0.4) is 0 Å². The minimum Gasteiger partial charge on any atom is -0.225 e. The van der Waals surface area contributed by atoms with Crippen LogP contribution in [0.25, 0.3) is 0 Å². The molecule has 1 heterocycles. The predicted octanol–water partition coefficient (Wildman–Crippen LogP) is 2.31. The van der Waals surface area contributed by atoms with Gasteiger partial charge in [-0.05, 0) is 18.6 Å². The topological polar surface area (TPSA) is 47.0 Å². The van der Waals surface area contributed by atoms with Gasteiger partial charge in [0.2, 0.25) is 0 Å². The number of sulfone groups is 1. The van der Waals surface area contributed by atoms with Crippen LogP contribution in [0.4, 0.5) is 0 Å². The standard InChI is InChI=1S/C9H12ClNO2S/c1-2-3-7-14(12,13)9-6-4-5-8(10)11-9/h4-6H,2-3,7H2,1H3. The number of hydrogen-bond donors (Lipinski definition) is 0. The van der Waals surface area contributed by atoms with Crippen molar-refractivity contribution in [2.45, 2.75) is 24.8 Å². The number of aromatic nitrogens is 1. The monoisotopic (exact) mass is 233 g/mol. The van der Waals surface area contributed by atoms with Gasteiger partial charge in [0, 0.05) is 0 Å². The number of unbranched alkanes of at least 4 members (excludes halogenated alkanes) is 1. The Labute approximate surface area is 89.0 Å². The Morgan fingerprint density at radius 1 is 1.43 bits per heavy atom. The molecule has 78 valence electrons. The zero-order chi connectivity index (χ0) is 10.6. The van der Waals surface area contributed by atoms with E-state index in [9.17, 15) is 8.42 Å². The lowest BCUT2D eigenvalue weighted by atomic mass is 10.4. The van der Waals surface area contributed by atoms with E-state index in [0.29, 0.717) is 6.42 Å². The molecule has 1 aromatic heterocycles. The van der Waals surface area contributed by atoms with E-state index in [4.69, 9.17) is 11.6 Å². The van der Waals surface area contributed by atoms with E-state index in [2.05, 4.69) is 4.98 Å². The smallest absolute Gasteiger partial charge is 0.195 e. The van der Waals surface area contributed by atoms with Gasteiger partial charge in [-0.15, -0.1) is 0 Å². The molecular formula is C9H12ClNO2S. The summed E-state index contributed by atoms with van der Waals surface area (Å²) in [5.41, 5.74) is 0. The van der Waals surface area contributed by atoms with Crippen molar-refractivity contribution in [1.29, 1.82) is 0 Å². The molecule has 14 heavy (non-hydrogen) atoms. The van der Waals surface area contributed by atoms with Crippen molar-refractivity contribution in [2.24, 2.45) is 0 Å². The molecule has 0 aliphatic rings. The highest BCUT2D eigenvalue weighted by Gasteiger charge is 2.14. The molecule has 0 bridgehead atoms. The Balaban J connectivity index is 2.93. The third-order valence-electron chi connectivity index (χ3n) is 1.77. The van der Waals surface area contributed by atoms with Crippen molar-refractivity contribution < 1.29 is 8.42 Å². The third kappa shape index (κ3) is 2.96. The van der Waals surface area contributed by atoms with Crippen LogP contribution in [0.5, 0.6) is 0 Å². The summed E-state index contributed by atoms with van der Waals surface area (Å²) < 4.78 is 23.2. The molecule has 0 saturated heterocycles. The van der Waals surface area contributed by atoms with Crippen LogP contribution in [-0.2, 0) is 9.84 Å². The number of halogens is 1. The van der Waals surface area contributed by atoms with Crippen molar-refractivity contribution in [2.75, 3.05) is 5.75 Å². The van der Waals surface area contributed by atoms with Crippen LogP contribution in [-0.4, -0.2) is 19.2 Å². The molecule has 0 aromatic carbocycles. The molecule has 0 radical (unpaired) electrons. The molecule has 0 amide bonds. The second kappa shape index (κ2) is 4.75. The van der Waals surface area contributed by atoms with Gasteiger partial charge in [-0.3, -0.25) is 0 Å². The zero-order valence-electron chi connectivity index (χ0n) is 7.90. The molecule has 5 heteroatoms. The number of rotatable bonds is 4. The quantitative estimate of drug-likeness (QED) is 0.750. The van der Waals surface area contributed by atoms with Gasteiger partial charge in [0.05, 0.1) is 5.75 Å². The number of hydrogen-bond acceptors (Lipinski definition) is 3. The second-order valence-corrected chi connectivity index (χ2v) is 5.41. The predicted molar refractivity (Wildman–Crippen MR) is 56.2 cm³/mol. The molecule has 0 fully saturated rings. The zero-order valence-corrected chi connectivity index (χ0v) is 9.48. The summed E-state index contributed by atoms with van der Waals surface area (Å²) in [6.45, 7) is 1.95. The molecule has 0 atom stereocenters. The Morgan fingerprint density at radius 3 is 2.71 bits per heavy atom. The first kappa shape index (κ1) is 11.5. The fourth-order valence-corrected chi connectivity index (χ4v) is 2.62.